The molecule has 2 heteroatoms. The smallest absolute Gasteiger partial charge is 0.0234 e. The fourth-order valence-electron chi connectivity index (χ4n) is 3.36. The van der Waals surface area contributed by atoms with Crippen molar-refractivity contribution in [3.63, 3.8) is 0 Å². The topological polar surface area (TPSA) is 3.24 Å². The van der Waals surface area contributed by atoms with Crippen LogP contribution in [0.25, 0.3) is 0 Å². The van der Waals surface area contributed by atoms with Gasteiger partial charge in [0.1, 0.15) is 0 Å². The van der Waals surface area contributed by atoms with E-state index in [0.29, 0.717) is 17.8 Å². The average Bonchev–Trinajstić information content (AvgIpc) is 2.55. The molecule has 0 amide bonds. The Kier molecular flexibility index (Phi) is 7.44. The molecular weight excluding hydrogens is 333 g/mol. The van der Waals surface area contributed by atoms with E-state index in [0.717, 1.165) is 15.1 Å². The van der Waals surface area contributed by atoms with Gasteiger partial charge in [-0.05, 0) is 64.7 Å². The SMILES string of the molecule is CC(C)c1cc(C(C)C)c(Pc2ccccc2CN(C)C)c(C(C)C)c1. The summed E-state index contributed by atoms with van der Waals surface area (Å²) in [6.07, 6.45) is 0. The zero-order chi connectivity index (χ0) is 19.4. The van der Waals surface area contributed by atoms with Crippen LogP contribution in [0, 0.1) is 0 Å². The summed E-state index contributed by atoms with van der Waals surface area (Å²) >= 11 is 0. The molecule has 26 heavy (non-hydrogen) atoms. The molecule has 142 valence electrons. The molecule has 1 atom stereocenters. The lowest BCUT2D eigenvalue weighted by molar-refractivity contribution is 0.403. The summed E-state index contributed by atoms with van der Waals surface area (Å²) in [5.74, 6) is 1.67. The molecule has 2 rings (SSSR count). The van der Waals surface area contributed by atoms with Crippen LogP contribution >= 0.6 is 8.58 Å². The maximum Gasteiger partial charge on any atom is 0.0234 e. The van der Waals surface area contributed by atoms with Crippen LogP contribution in [0.5, 0.6) is 0 Å². The van der Waals surface area contributed by atoms with E-state index in [-0.39, 0.29) is 0 Å². The molecule has 0 fully saturated rings. The lowest BCUT2D eigenvalue weighted by Gasteiger charge is -2.24. The Labute approximate surface area is 163 Å². The molecular formula is C24H36NP. The lowest BCUT2D eigenvalue weighted by atomic mass is 9.89. The van der Waals surface area contributed by atoms with Gasteiger partial charge in [0.15, 0.2) is 0 Å². The molecule has 0 bridgehead atoms. The predicted octanol–water partition coefficient (Wildman–Crippen LogP) is 5.75. The third-order valence-electron chi connectivity index (χ3n) is 4.90. The second kappa shape index (κ2) is 9.16. The van der Waals surface area contributed by atoms with Gasteiger partial charge in [-0.2, -0.15) is 0 Å². The normalized spacial score (nSPS) is 12.5. The molecule has 0 aliphatic carbocycles. The molecule has 2 aromatic rings. The summed E-state index contributed by atoms with van der Waals surface area (Å²) in [5, 5.41) is 3.06. The fraction of sp³-hybridized carbons (Fsp3) is 0.500. The van der Waals surface area contributed by atoms with E-state index >= 15 is 0 Å². The Morgan fingerprint density at radius 2 is 1.35 bits per heavy atom. The third kappa shape index (κ3) is 5.18. The van der Waals surface area contributed by atoms with E-state index in [1.807, 2.05) is 0 Å². The van der Waals surface area contributed by atoms with Crippen molar-refractivity contribution in [2.24, 2.45) is 0 Å². The van der Waals surface area contributed by atoms with Crippen molar-refractivity contribution >= 4 is 19.2 Å². The van der Waals surface area contributed by atoms with Gasteiger partial charge in [0.05, 0.1) is 0 Å². The van der Waals surface area contributed by atoms with Crippen LogP contribution in [0.2, 0.25) is 0 Å². The Bertz CT molecular complexity index is 700. The highest BCUT2D eigenvalue weighted by Crippen LogP contribution is 2.31. The first kappa shape index (κ1) is 21.1. The van der Waals surface area contributed by atoms with Gasteiger partial charge in [0, 0.05) is 6.54 Å². The third-order valence-corrected chi connectivity index (χ3v) is 6.48. The molecule has 0 radical (unpaired) electrons. The van der Waals surface area contributed by atoms with Gasteiger partial charge in [0.25, 0.3) is 0 Å². The molecule has 0 saturated heterocycles. The lowest BCUT2D eigenvalue weighted by Crippen LogP contribution is -2.21. The van der Waals surface area contributed by atoms with Gasteiger partial charge in [0.2, 0.25) is 0 Å². The summed E-state index contributed by atoms with van der Waals surface area (Å²) in [7, 11) is 5.02. The highest BCUT2D eigenvalue weighted by Gasteiger charge is 2.18. The predicted molar refractivity (Wildman–Crippen MR) is 120 cm³/mol. The Morgan fingerprint density at radius 3 is 1.81 bits per heavy atom. The molecule has 0 aliphatic heterocycles. The van der Waals surface area contributed by atoms with Crippen LogP contribution in [0.15, 0.2) is 36.4 Å². The Morgan fingerprint density at radius 1 is 0.808 bits per heavy atom. The number of benzene rings is 2. The van der Waals surface area contributed by atoms with Gasteiger partial charge in [-0.25, -0.2) is 0 Å². The quantitative estimate of drug-likeness (QED) is 0.562. The summed E-state index contributed by atoms with van der Waals surface area (Å²) < 4.78 is 0. The van der Waals surface area contributed by atoms with Crippen molar-refractivity contribution in [2.75, 3.05) is 14.1 Å². The zero-order valence-electron chi connectivity index (χ0n) is 17.9. The molecule has 2 aromatic carbocycles. The molecule has 1 nitrogen and oxygen atoms in total. The van der Waals surface area contributed by atoms with E-state index in [4.69, 9.17) is 0 Å². The van der Waals surface area contributed by atoms with Crippen molar-refractivity contribution in [2.45, 2.75) is 65.8 Å². The minimum atomic E-state index is 0.551. The largest absolute Gasteiger partial charge is 0.305 e. The maximum atomic E-state index is 2.47. The van der Waals surface area contributed by atoms with Gasteiger partial charge >= 0.3 is 0 Å². The monoisotopic (exact) mass is 369 g/mol. The standard InChI is InChI=1S/C24H36NP/c1-16(2)20-13-21(17(3)4)24(22(14-20)18(5)6)26-23-12-10-9-11-19(23)15-25(7)8/h9-14,16-18,26H,15H2,1-8H3. The van der Waals surface area contributed by atoms with E-state index < -0.39 is 0 Å². The van der Waals surface area contributed by atoms with Crippen molar-refractivity contribution < 1.29 is 0 Å². The van der Waals surface area contributed by atoms with E-state index in [9.17, 15) is 0 Å². The first-order chi connectivity index (χ1) is 12.2. The number of rotatable bonds is 7. The average molecular weight is 370 g/mol. The maximum absolute atomic E-state index is 2.47. The minimum absolute atomic E-state index is 0.551. The van der Waals surface area contributed by atoms with E-state index in [1.54, 1.807) is 5.30 Å². The van der Waals surface area contributed by atoms with Crippen molar-refractivity contribution in [3.8, 4) is 0 Å². The molecule has 1 unspecified atom stereocenters. The minimum Gasteiger partial charge on any atom is -0.305 e. The van der Waals surface area contributed by atoms with Crippen LogP contribution in [0.3, 0.4) is 0 Å². The van der Waals surface area contributed by atoms with Crippen molar-refractivity contribution in [3.05, 3.63) is 58.7 Å². The van der Waals surface area contributed by atoms with Gasteiger partial charge in [-0.1, -0.05) is 86.5 Å². The summed E-state index contributed by atoms with van der Waals surface area (Å²) in [6.45, 7) is 15.0. The number of nitrogens with zero attached hydrogens (tertiary/aromatic N) is 1. The molecule has 0 N–H and O–H groups in total. The Hall–Kier alpha value is -1.17. The fourth-order valence-corrected chi connectivity index (χ4v) is 5.14. The van der Waals surface area contributed by atoms with Crippen LogP contribution in [0.4, 0.5) is 0 Å². The molecule has 0 aliphatic rings. The summed E-state index contributed by atoms with van der Waals surface area (Å²) in [4.78, 5) is 2.26. The first-order valence-electron chi connectivity index (χ1n) is 9.88. The second-order valence-electron chi connectivity index (χ2n) is 8.56. The molecule has 0 saturated carbocycles. The van der Waals surface area contributed by atoms with Crippen LogP contribution in [0.1, 0.15) is 81.5 Å². The molecule has 0 aromatic heterocycles. The van der Waals surface area contributed by atoms with Crippen molar-refractivity contribution in [1.82, 2.24) is 4.90 Å². The highest BCUT2D eigenvalue weighted by molar-refractivity contribution is 7.55. The zero-order valence-corrected chi connectivity index (χ0v) is 18.9. The van der Waals surface area contributed by atoms with E-state index in [2.05, 4.69) is 96.9 Å². The van der Waals surface area contributed by atoms with Gasteiger partial charge in [-0.15, -0.1) is 0 Å². The van der Waals surface area contributed by atoms with Crippen LogP contribution in [-0.2, 0) is 6.54 Å². The van der Waals surface area contributed by atoms with Crippen molar-refractivity contribution in [1.29, 1.82) is 0 Å². The molecule has 0 spiro atoms. The van der Waals surface area contributed by atoms with Crippen LogP contribution in [-0.4, -0.2) is 19.0 Å². The number of hydrogen-bond acceptors (Lipinski definition) is 1. The second-order valence-corrected chi connectivity index (χ2v) is 9.85. The molecule has 0 heterocycles. The summed E-state index contributed by atoms with van der Waals surface area (Å²) in [5.41, 5.74) is 6.01. The van der Waals surface area contributed by atoms with Crippen LogP contribution < -0.4 is 10.6 Å². The number of hydrogen-bond donors (Lipinski definition) is 0. The van der Waals surface area contributed by atoms with Gasteiger partial charge in [-0.3, -0.25) is 0 Å². The highest BCUT2D eigenvalue weighted by atomic mass is 31.1. The summed E-state index contributed by atoms with van der Waals surface area (Å²) in [6, 6.07) is 13.9. The first-order valence-corrected chi connectivity index (χ1v) is 10.9. The Balaban J connectivity index is 2.58. The van der Waals surface area contributed by atoms with Gasteiger partial charge < -0.3 is 4.90 Å². The van der Waals surface area contributed by atoms with E-state index in [1.165, 1.54) is 27.6 Å².